The maximum absolute atomic E-state index is 13.9. The molecule has 2 heterocycles. The lowest BCUT2D eigenvalue weighted by molar-refractivity contribution is 0.0378. The molecule has 3 aromatic rings. The van der Waals surface area contributed by atoms with Crippen LogP contribution in [0, 0.1) is 11.6 Å². The average molecular weight is 466 g/mol. The zero-order valence-corrected chi connectivity index (χ0v) is 19.5. The molecule has 0 radical (unpaired) electrons. The van der Waals surface area contributed by atoms with Crippen LogP contribution in [0.15, 0.2) is 60.8 Å². The zero-order valence-electron chi connectivity index (χ0n) is 19.5. The fraction of sp³-hybridized carbons (Fsp3) is 0.333. The molecule has 34 heavy (non-hydrogen) atoms. The molecule has 7 heteroatoms. The molecule has 1 saturated heterocycles. The van der Waals surface area contributed by atoms with Crippen molar-refractivity contribution in [2.75, 3.05) is 31.1 Å². The number of anilines is 1. The highest BCUT2D eigenvalue weighted by Gasteiger charge is 2.23. The van der Waals surface area contributed by atoms with Gasteiger partial charge in [0.2, 0.25) is 0 Å². The minimum absolute atomic E-state index is 0.0949. The van der Waals surface area contributed by atoms with E-state index in [1.165, 1.54) is 18.2 Å². The maximum Gasteiger partial charge on any atom is 0.342 e. The quantitative estimate of drug-likeness (QED) is 0.468. The number of aromatic nitrogens is 1. The number of halogens is 2. The Morgan fingerprint density at radius 2 is 1.59 bits per heavy atom. The second-order valence-corrected chi connectivity index (χ2v) is 8.79. The van der Waals surface area contributed by atoms with Crippen LogP contribution in [0.4, 0.5) is 14.6 Å². The van der Waals surface area contributed by atoms with E-state index in [9.17, 15) is 13.6 Å². The number of benzene rings is 2. The van der Waals surface area contributed by atoms with Crippen LogP contribution >= 0.6 is 0 Å². The Kier molecular flexibility index (Phi) is 7.53. The van der Waals surface area contributed by atoms with Crippen molar-refractivity contribution in [1.29, 1.82) is 0 Å². The summed E-state index contributed by atoms with van der Waals surface area (Å²) in [7, 11) is 0. The molecule has 0 N–H and O–H groups in total. The van der Waals surface area contributed by atoms with Gasteiger partial charge in [-0.2, -0.15) is 0 Å². The number of rotatable bonds is 7. The molecule has 1 fully saturated rings. The highest BCUT2D eigenvalue weighted by Crippen LogP contribution is 2.22. The molecule has 0 bridgehead atoms. The van der Waals surface area contributed by atoms with E-state index in [4.69, 9.17) is 4.74 Å². The van der Waals surface area contributed by atoms with Gasteiger partial charge in [0.15, 0.2) is 0 Å². The lowest BCUT2D eigenvalue weighted by Gasteiger charge is -2.36. The van der Waals surface area contributed by atoms with Crippen molar-refractivity contribution in [2.24, 2.45) is 0 Å². The minimum atomic E-state index is -0.518. The number of piperazine rings is 1. The van der Waals surface area contributed by atoms with Crippen LogP contribution < -0.4 is 4.90 Å². The lowest BCUT2D eigenvalue weighted by atomic mass is 10.0. The fourth-order valence-electron chi connectivity index (χ4n) is 4.13. The van der Waals surface area contributed by atoms with Crippen molar-refractivity contribution in [1.82, 2.24) is 9.88 Å². The minimum Gasteiger partial charge on any atom is -0.459 e. The Hall–Kier alpha value is -3.32. The Bertz CT molecular complexity index is 1110. The normalized spacial score (nSPS) is 14.4. The van der Waals surface area contributed by atoms with Crippen molar-refractivity contribution in [2.45, 2.75) is 32.9 Å². The van der Waals surface area contributed by atoms with Crippen LogP contribution in [0.25, 0.3) is 0 Å². The first-order chi connectivity index (χ1) is 16.4. The number of nitrogens with zero attached hydrogens (tertiary/aromatic N) is 3. The van der Waals surface area contributed by atoms with Gasteiger partial charge in [-0.15, -0.1) is 0 Å². The molecule has 1 aliphatic heterocycles. The molecule has 0 unspecified atom stereocenters. The van der Waals surface area contributed by atoms with Gasteiger partial charge in [-0.1, -0.05) is 30.3 Å². The standard InChI is InChI=1S/C27H29F2N3O2/c1-19(2)34-27(33)22-5-4-12-30-26(22)32-15-13-31(14-16-32)18-21-10-8-20(9-11-21)17-23-24(28)6-3-7-25(23)29/h3-12,19H,13-18H2,1-2H3. The van der Waals surface area contributed by atoms with Gasteiger partial charge in [-0.25, -0.2) is 18.6 Å². The largest absolute Gasteiger partial charge is 0.459 e. The van der Waals surface area contributed by atoms with Crippen LogP contribution in [-0.2, 0) is 17.7 Å². The monoisotopic (exact) mass is 465 g/mol. The van der Waals surface area contributed by atoms with E-state index in [1.54, 1.807) is 18.3 Å². The first kappa shape index (κ1) is 23.8. The number of pyridine rings is 1. The Labute approximate surface area is 199 Å². The summed E-state index contributed by atoms with van der Waals surface area (Å²) in [5.41, 5.74) is 2.60. The predicted molar refractivity (Wildman–Crippen MR) is 128 cm³/mol. The third kappa shape index (κ3) is 5.78. The molecule has 4 rings (SSSR count). The van der Waals surface area contributed by atoms with Gasteiger partial charge < -0.3 is 9.64 Å². The first-order valence-corrected chi connectivity index (χ1v) is 11.5. The van der Waals surface area contributed by atoms with Gasteiger partial charge in [0.25, 0.3) is 0 Å². The highest BCUT2D eigenvalue weighted by atomic mass is 19.1. The lowest BCUT2D eigenvalue weighted by Crippen LogP contribution is -2.46. The van der Waals surface area contributed by atoms with Crippen molar-refractivity contribution in [3.63, 3.8) is 0 Å². The Balaban J connectivity index is 1.34. The maximum atomic E-state index is 13.9. The molecule has 5 nitrogen and oxygen atoms in total. The summed E-state index contributed by atoms with van der Waals surface area (Å²) in [6.07, 6.45) is 1.74. The van der Waals surface area contributed by atoms with E-state index in [-0.39, 0.29) is 24.1 Å². The number of hydrogen-bond donors (Lipinski definition) is 0. The zero-order chi connectivity index (χ0) is 24.1. The number of hydrogen-bond acceptors (Lipinski definition) is 5. The molecule has 0 spiro atoms. The summed E-state index contributed by atoms with van der Waals surface area (Å²) in [6, 6.07) is 15.3. The van der Waals surface area contributed by atoms with Gasteiger partial charge in [0.05, 0.1) is 6.10 Å². The average Bonchev–Trinajstić information content (AvgIpc) is 2.83. The van der Waals surface area contributed by atoms with Gasteiger partial charge in [-0.3, -0.25) is 4.90 Å². The SMILES string of the molecule is CC(C)OC(=O)c1cccnc1N1CCN(Cc2ccc(Cc3c(F)cccc3F)cc2)CC1. The molecule has 0 aliphatic carbocycles. The third-order valence-corrected chi connectivity index (χ3v) is 5.89. The molecular weight excluding hydrogens is 436 g/mol. The summed E-state index contributed by atoms with van der Waals surface area (Å²) in [5, 5.41) is 0. The van der Waals surface area contributed by atoms with Crippen molar-refractivity contribution in [3.8, 4) is 0 Å². The smallest absolute Gasteiger partial charge is 0.342 e. The second-order valence-electron chi connectivity index (χ2n) is 8.79. The number of ether oxygens (including phenoxy) is 1. The Morgan fingerprint density at radius 1 is 0.941 bits per heavy atom. The predicted octanol–water partition coefficient (Wildman–Crippen LogP) is 4.84. The second kappa shape index (κ2) is 10.7. The fourth-order valence-corrected chi connectivity index (χ4v) is 4.13. The molecule has 0 saturated carbocycles. The van der Waals surface area contributed by atoms with Crippen molar-refractivity contribution < 1.29 is 18.3 Å². The molecule has 0 amide bonds. The van der Waals surface area contributed by atoms with E-state index in [2.05, 4.69) is 14.8 Å². The number of carbonyl (C=O) groups excluding carboxylic acids is 1. The molecule has 2 aromatic carbocycles. The summed E-state index contributed by atoms with van der Waals surface area (Å²) < 4.78 is 33.2. The van der Waals surface area contributed by atoms with Gasteiger partial charge in [-0.05, 0) is 49.2 Å². The van der Waals surface area contributed by atoms with Gasteiger partial charge >= 0.3 is 5.97 Å². The molecule has 0 atom stereocenters. The molecule has 178 valence electrons. The van der Waals surface area contributed by atoms with Crippen molar-refractivity contribution in [3.05, 3.63) is 94.7 Å². The Morgan fingerprint density at radius 3 is 2.24 bits per heavy atom. The van der Waals surface area contributed by atoms with E-state index >= 15 is 0 Å². The summed E-state index contributed by atoms with van der Waals surface area (Å²) in [5.74, 6) is -0.723. The van der Waals surface area contributed by atoms with Gasteiger partial charge in [0, 0.05) is 50.9 Å². The van der Waals surface area contributed by atoms with E-state index < -0.39 is 11.6 Å². The van der Waals surface area contributed by atoms with Crippen LogP contribution in [0.5, 0.6) is 0 Å². The molecule has 1 aromatic heterocycles. The van der Waals surface area contributed by atoms with Gasteiger partial charge in [0.1, 0.15) is 23.0 Å². The molecular formula is C27H29F2N3O2. The van der Waals surface area contributed by atoms with E-state index in [1.807, 2.05) is 38.1 Å². The number of carbonyl (C=O) groups is 1. The molecule has 1 aliphatic rings. The number of esters is 1. The van der Waals surface area contributed by atoms with E-state index in [0.717, 1.165) is 43.9 Å². The van der Waals surface area contributed by atoms with Crippen LogP contribution in [0.1, 0.15) is 40.9 Å². The van der Waals surface area contributed by atoms with Crippen LogP contribution in [0.3, 0.4) is 0 Å². The topological polar surface area (TPSA) is 45.7 Å². The first-order valence-electron chi connectivity index (χ1n) is 11.5. The van der Waals surface area contributed by atoms with E-state index in [0.29, 0.717) is 11.4 Å². The highest BCUT2D eigenvalue weighted by molar-refractivity contribution is 5.94. The summed E-state index contributed by atoms with van der Waals surface area (Å²) >= 11 is 0. The van der Waals surface area contributed by atoms with Crippen LogP contribution in [0.2, 0.25) is 0 Å². The van der Waals surface area contributed by atoms with Crippen LogP contribution in [-0.4, -0.2) is 48.1 Å². The summed E-state index contributed by atoms with van der Waals surface area (Å²) in [6.45, 7) is 7.61. The summed E-state index contributed by atoms with van der Waals surface area (Å²) in [4.78, 5) is 21.4. The van der Waals surface area contributed by atoms with Crippen molar-refractivity contribution >= 4 is 11.8 Å². The third-order valence-electron chi connectivity index (χ3n) is 5.89.